The van der Waals surface area contributed by atoms with E-state index in [1.807, 2.05) is 24.3 Å². The van der Waals surface area contributed by atoms with Gasteiger partial charge in [0, 0.05) is 6.54 Å². The summed E-state index contributed by atoms with van der Waals surface area (Å²) >= 11 is 0. The second-order valence-corrected chi connectivity index (χ2v) is 5.41. The highest BCUT2D eigenvalue weighted by atomic mass is 19.1. The molecule has 0 aliphatic rings. The average Bonchev–Trinajstić information content (AvgIpc) is 2.61. The number of carbonyl (C=O) groups is 1. The lowest BCUT2D eigenvalue weighted by Crippen LogP contribution is -2.38. The molecule has 0 aliphatic heterocycles. The molecule has 0 aromatic heterocycles. The minimum absolute atomic E-state index is 0.234. The van der Waals surface area contributed by atoms with Crippen LogP contribution in [0, 0.1) is 5.82 Å². The van der Waals surface area contributed by atoms with Crippen molar-refractivity contribution in [3.05, 3.63) is 65.5 Å². The Kier molecular flexibility index (Phi) is 7.08. The number of ether oxygens (including phenoxy) is 1. The zero-order valence-electron chi connectivity index (χ0n) is 13.8. The van der Waals surface area contributed by atoms with Crippen molar-refractivity contribution >= 4 is 6.03 Å². The standard InChI is InChI=1S/C19H23FN2O2/c1-2-15-5-9-18(10-6-15)24-14-13-22-19(23)21-12-11-16-3-7-17(20)8-4-16/h3-10H,2,11-14H2,1H3,(H2,21,22,23). The Hall–Kier alpha value is -2.56. The van der Waals surface area contributed by atoms with Gasteiger partial charge in [-0.2, -0.15) is 0 Å². The Labute approximate surface area is 142 Å². The van der Waals surface area contributed by atoms with Crippen molar-refractivity contribution in [2.45, 2.75) is 19.8 Å². The first kappa shape index (κ1) is 17.8. The molecule has 128 valence electrons. The topological polar surface area (TPSA) is 50.4 Å². The number of amides is 2. The first-order valence-electron chi connectivity index (χ1n) is 8.15. The van der Waals surface area contributed by atoms with Crippen LogP contribution in [0.25, 0.3) is 0 Å². The second-order valence-electron chi connectivity index (χ2n) is 5.41. The maximum absolute atomic E-state index is 12.8. The summed E-state index contributed by atoms with van der Waals surface area (Å²) in [6, 6.07) is 14.0. The summed E-state index contributed by atoms with van der Waals surface area (Å²) in [4.78, 5) is 11.6. The molecule has 2 amide bonds. The molecule has 0 fully saturated rings. The van der Waals surface area contributed by atoms with Crippen molar-refractivity contribution < 1.29 is 13.9 Å². The van der Waals surface area contributed by atoms with Gasteiger partial charge in [0.1, 0.15) is 18.2 Å². The summed E-state index contributed by atoms with van der Waals surface area (Å²) < 4.78 is 18.3. The fraction of sp³-hybridized carbons (Fsp3) is 0.316. The largest absolute Gasteiger partial charge is 0.492 e. The number of halogens is 1. The van der Waals surface area contributed by atoms with Gasteiger partial charge in [-0.3, -0.25) is 0 Å². The maximum Gasteiger partial charge on any atom is 0.314 e. The van der Waals surface area contributed by atoms with Gasteiger partial charge in [-0.1, -0.05) is 31.2 Å². The highest BCUT2D eigenvalue weighted by Gasteiger charge is 2.00. The number of rotatable bonds is 8. The Morgan fingerprint density at radius 2 is 1.58 bits per heavy atom. The SMILES string of the molecule is CCc1ccc(OCCNC(=O)NCCc2ccc(F)cc2)cc1. The van der Waals surface area contributed by atoms with Gasteiger partial charge in [0.2, 0.25) is 0 Å². The molecule has 2 aromatic carbocycles. The summed E-state index contributed by atoms with van der Waals surface area (Å²) in [7, 11) is 0. The monoisotopic (exact) mass is 330 g/mol. The molecule has 0 aliphatic carbocycles. The smallest absolute Gasteiger partial charge is 0.314 e. The minimum Gasteiger partial charge on any atom is -0.492 e. The predicted molar refractivity (Wildman–Crippen MR) is 92.8 cm³/mol. The molecule has 4 nitrogen and oxygen atoms in total. The van der Waals surface area contributed by atoms with Crippen LogP contribution in [0.3, 0.4) is 0 Å². The van der Waals surface area contributed by atoms with E-state index in [0.29, 0.717) is 26.1 Å². The maximum atomic E-state index is 12.8. The number of urea groups is 1. The zero-order valence-corrected chi connectivity index (χ0v) is 13.8. The Morgan fingerprint density at radius 3 is 2.25 bits per heavy atom. The molecule has 0 atom stereocenters. The van der Waals surface area contributed by atoms with E-state index in [4.69, 9.17) is 4.74 Å². The van der Waals surface area contributed by atoms with Gasteiger partial charge in [-0.25, -0.2) is 9.18 Å². The van der Waals surface area contributed by atoms with Gasteiger partial charge in [0.15, 0.2) is 0 Å². The van der Waals surface area contributed by atoms with Crippen LogP contribution in [-0.2, 0) is 12.8 Å². The summed E-state index contributed by atoms with van der Waals surface area (Å²) in [5.74, 6) is 0.541. The Morgan fingerprint density at radius 1 is 0.958 bits per heavy atom. The van der Waals surface area contributed by atoms with E-state index < -0.39 is 0 Å². The fourth-order valence-electron chi connectivity index (χ4n) is 2.19. The van der Waals surface area contributed by atoms with Crippen molar-refractivity contribution in [1.82, 2.24) is 10.6 Å². The summed E-state index contributed by atoms with van der Waals surface area (Å²) in [5, 5.41) is 5.50. The van der Waals surface area contributed by atoms with Gasteiger partial charge in [0.05, 0.1) is 6.54 Å². The molecule has 0 bridgehead atoms. The van der Waals surface area contributed by atoms with Crippen LogP contribution in [0.15, 0.2) is 48.5 Å². The lowest BCUT2D eigenvalue weighted by molar-refractivity contribution is 0.236. The Bertz CT molecular complexity index is 627. The van der Waals surface area contributed by atoms with E-state index in [1.54, 1.807) is 12.1 Å². The first-order chi connectivity index (χ1) is 11.7. The summed E-state index contributed by atoms with van der Waals surface area (Å²) in [6.45, 7) is 3.44. The lowest BCUT2D eigenvalue weighted by atomic mass is 10.1. The number of nitrogens with one attached hydrogen (secondary N) is 2. The minimum atomic E-state index is -0.256. The van der Waals surface area contributed by atoms with Crippen LogP contribution < -0.4 is 15.4 Å². The summed E-state index contributed by atoms with van der Waals surface area (Å²) in [5.41, 5.74) is 2.25. The van der Waals surface area contributed by atoms with Crippen LogP contribution in [0.2, 0.25) is 0 Å². The molecule has 2 aromatic rings. The molecule has 2 rings (SSSR count). The molecule has 0 radical (unpaired) electrons. The third-order valence-electron chi connectivity index (χ3n) is 3.60. The molecular formula is C19H23FN2O2. The normalized spacial score (nSPS) is 10.2. The number of hydrogen-bond donors (Lipinski definition) is 2. The van der Waals surface area contributed by atoms with Gasteiger partial charge in [-0.15, -0.1) is 0 Å². The molecule has 0 spiro atoms. The van der Waals surface area contributed by atoms with Crippen LogP contribution in [-0.4, -0.2) is 25.7 Å². The lowest BCUT2D eigenvalue weighted by Gasteiger charge is -2.09. The van der Waals surface area contributed by atoms with E-state index in [9.17, 15) is 9.18 Å². The van der Waals surface area contributed by atoms with Crippen molar-refractivity contribution in [2.24, 2.45) is 0 Å². The van der Waals surface area contributed by atoms with Crippen molar-refractivity contribution in [3.8, 4) is 5.75 Å². The highest BCUT2D eigenvalue weighted by Crippen LogP contribution is 2.12. The van der Waals surface area contributed by atoms with Gasteiger partial charge in [-0.05, 0) is 48.2 Å². The molecular weight excluding hydrogens is 307 g/mol. The second kappa shape index (κ2) is 9.55. The molecule has 0 heterocycles. The molecule has 24 heavy (non-hydrogen) atoms. The zero-order chi connectivity index (χ0) is 17.2. The Balaban J connectivity index is 1.56. The average molecular weight is 330 g/mol. The summed E-state index contributed by atoms with van der Waals surface area (Å²) in [6.07, 6.45) is 1.66. The fourth-order valence-corrected chi connectivity index (χ4v) is 2.19. The van der Waals surface area contributed by atoms with E-state index in [0.717, 1.165) is 17.7 Å². The molecule has 2 N–H and O–H groups in total. The van der Waals surface area contributed by atoms with Gasteiger partial charge < -0.3 is 15.4 Å². The quantitative estimate of drug-likeness (QED) is 0.730. The number of hydrogen-bond acceptors (Lipinski definition) is 2. The number of aryl methyl sites for hydroxylation is 1. The molecule has 0 unspecified atom stereocenters. The van der Waals surface area contributed by atoms with Crippen molar-refractivity contribution in [2.75, 3.05) is 19.7 Å². The van der Waals surface area contributed by atoms with Gasteiger partial charge in [0.25, 0.3) is 0 Å². The van der Waals surface area contributed by atoms with Gasteiger partial charge >= 0.3 is 6.03 Å². The van der Waals surface area contributed by atoms with Crippen LogP contribution >= 0.6 is 0 Å². The molecule has 0 saturated heterocycles. The third kappa shape index (κ3) is 6.28. The van der Waals surface area contributed by atoms with Crippen molar-refractivity contribution in [3.63, 3.8) is 0 Å². The van der Waals surface area contributed by atoms with E-state index in [2.05, 4.69) is 17.6 Å². The molecule has 0 saturated carbocycles. The third-order valence-corrected chi connectivity index (χ3v) is 3.60. The van der Waals surface area contributed by atoms with E-state index in [1.165, 1.54) is 17.7 Å². The van der Waals surface area contributed by atoms with Crippen LogP contribution in [0.5, 0.6) is 5.75 Å². The predicted octanol–water partition coefficient (Wildman–Crippen LogP) is 3.31. The van der Waals surface area contributed by atoms with Crippen LogP contribution in [0.4, 0.5) is 9.18 Å². The molecule has 5 heteroatoms. The number of carbonyl (C=O) groups excluding carboxylic acids is 1. The van der Waals surface area contributed by atoms with E-state index in [-0.39, 0.29) is 11.8 Å². The number of benzene rings is 2. The highest BCUT2D eigenvalue weighted by molar-refractivity contribution is 5.73. The van der Waals surface area contributed by atoms with E-state index >= 15 is 0 Å². The first-order valence-corrected chi connectivity index (χ1v) is 8.15. The van der Waals surface area contributed by atoms with Crippen LogP contribution in [0.1, 0.15) is 18.1 Å². The van der Waals surface area contributed by atoms with Crippen molar-refractivity contribution in [1.29, 1.82) is 0 Å².